The summed E-state index contributed by atoms with van der Waals surface area (Å²) in [7, 11) is -3.33. The molecule has 0 aliphatic heterocycles. The molecule has 1 fully saturated rings. The van der Waals surface area contributed by atoms with Crippen LogP contribution in [0.4, 0.5) is 13.2 Å². The molecule has 1 saturated carbocycles. The Morgan fingerprint density at radius 2 is 1.77 bits per heavy atom. The van der Waals surface area contributed by atoms with E-state index in [9.17, 15) is 31.5 Å². The van der Waals surface area contributed by atoms with Crippen LogP contribution in [-0.4, -0.2) is 37.0 Å². The fourth-order valence-corrected chi connectivity index (χ4v) is 4.91. The van der Waals surface area contributed by atoms with Gasteiger partial charge in [0.25, 0.3) is 0 Å². The van der Waals surface area contributed by atoms with E-state index in [2.05, 4.69) is 5.32 Å². The molecular formula is C17H22F3NO4S. The second-order valence-corrected chi connectivity index (χ2v) is 8.85. The molecule has 0 unspecified atom stereocenters. The SMILES string of the molecule is O=C(CCS(=O)(=O)C1CCCC1)N[C@H](CO)c1ccc(C(F)(F)F)cc1. The lowest BCUT2D eigenvalue weighted by Gasteiger charge is -2.18. The maximum absolute atomic E-state index is 12.6. The number of sulfone groups is 1. The molecule has 0 saturated heterocycles. The van der Waals surface area contributed by atoms with E-state index in [-0.39, 0.29) is 17.4 Å². The number of aliphatic hydroxyl groups is 1. The fraction of sp³-hybridized carbons (Fsp3) is 0.588. The van der Waals surface area contributed by atoms with E-state index in [1.165, 1.54) is 12.1 Å². The second-order valence-electron chi connectivity index (χ2n) is 6.45. The van der Waals surface area contributed by atoms with E-state index in [0.717, 1.165) is 25.0 Å². The molecule has 9 heteroatoms. The van der Waals surface area contributed by atoms with Crippen LogP contribution in [0.2, 0.25) is 0 Å². The van der Waals surface area contributed by atoms with Crippen molar-refractivity contribution in [2.75, 3.05) is 12.4 Å². The average Bonchev–Trinajstić information content (AvgIpc) is 3.13. The Balaban J connectivity index is 1.93. The van der Waals surface area contributed by atoms with Crippen LogP contribution >= 0.6 is 0 Å². The monoisotopic (exact) mass is 393 g/mol. The summed E-state index contributed by atoms with van der Waals surface area (Å²) in [5.74, 6) is -0.834. The first-order valence-corrected chi connectivity index (χ1v) is 10.1. The summed E-state index contributed by atoms with van der Waals surface area (Å²) >= 11 is 0. The molecule has 2 rings (SSSR count). The Kier molecular flexibility index (Phi) is 6.68. The predicted octanol–water partition coefficient (Wildman–Crippen LogP) is 2.60. The molecule has 1 amide bonds. The molecular weight excluding hydrogens is 371 g/mol. The topological polar surface area (TPSA) is 83.5 Å². The van der Waals surface area contributed by atoms with Gasteiger partial charge in [-0.05, 0) is 30.5 Å². The van der Waals surface area contributed by atoms with Crippen LogP contribution in [0.1, 0.15) is 49.3 Å². The molecule has 1 aromatic rings. The molecule has 0 bridgehead atoms. The van der Waals surface area contributed by atoms with Crippen molar-refractivity contribution < 1.29 is 31.5 Å². The Morgan fingerprint density at radius 1 is 1.19 bits per heavy atom. The maximum atomic E-state index is 12.6. The van der Waals surface area contributed by atoms with Crippen LogP contribution in [0.5, 0.6) is 0 Å². The van der Waals surface area contributed by atoms with Crippen LogP contribution in [-0.2, 0) is 20.8 Å². The van der Waals surface area contributed by atoms with Gasteiger partial charge in [-0.25, -0.2) is 8.42 Å². The van der Waals surface area contributed by atoms with E-state index in [1.54, 1.807) is 0 Å². The van der Waals surface area contributed by atoms with E-state index in [1.807, 2.05) is 0 Å². The third-order valence-corrected chi connectivity index (χ3v) is 6.84. The zero-order valence-electron chi connectivity index (χ0n) is 14.1. The second kappa shape index (κ2) is 8.39. The smallest absolute Gasteiger partial charge is 0.394 e. The zero-order chi connectivity index (χ0) is 19.4. The average molecular weight is 393 g/mol. The Bertz CT molecular complexity index is 711. The number of nitrogens with one attached hydrogen (secondary N) is 1. The number of carbonyl (C=O) groups excluding carboxylic acids is 1. The van der Waals surface area contributed by atoms with E-state index >= 15 is 0 Å². The van der Waals surface area contributed by atoms with E-state index < -0.39 is 40.1 Å². The zero-order valence-corrected chi connectivity index (χ0v) is 14.9. The highest BCUT2D eigenvalue weighted by Gasteiger charge is 2.31. The standard InChI is InChI=1S/C17H22F3NO4S/c18-17(19,20)13-7-5-12(6-8-13)15(11-22)21-16(23)9-10-26(24,25)14-3-1-2-4-14/h5-8,14-15,22H,1-4,9-11H2,(H,21,23)/t15-/m1/s1. The summed E-state index contributed by atoms with van der Waals surface area (Å²) in [6.45, 7) is -0.507. The lowest BCUT2D eigenvalue weighted by molar-refractivity contribution is -0.137. The third-order valence-electron chi connectivity index (χ3n) is 4.58. The number of rotatable bonds is 7. The lowest BCUT2D eigenvalue weighted by Crippen LogP contribution is -2.33. The van der Waals surface area contributed by atoms with Gasteiger partial charge >= 0.3 is 6.18 Å². The summed E-state index contributed by atoms with van der Waals surface area (Å²) in [5.41, 5.74) is -0.514. The van der Waals surface area contributed by atoms with Gasteiger partial charge < -0.3 is 10.4 Å². The van der Waals surface area contributed by atoms with Gasteiger partial charge in [-0.2, -0.15) is 13.2 Å². The van der Waals surface area contributed by atoms with Gasteiger partial charge in [0, 0.05) is 6.42 Å². The summed E-state index contributed by atoms with van der Waals surface area (Å²) in [6.07, 6.45) is -1.72. The Labute approximate surface area is 150 Å². The summed E-state index contributed by atoms with van der Waals surface area (Å²) in [5, 5.41) is 11.5. The molecule has 0 aromatic heterocycles. The summed E-state index contributed by atoms with van der Waals surface area (Å²) in [4.78, 5) is 12.0. The van der Waals surface area contributed by atoms with Crippen LogP contribution in [0.3, 0.4) is 0 Å². The van der Waals surface area contributed by atoms with Crippen molar-refractivity contribution in [3.63, 3.8) is 0 Å². The summed E-state index contributed by atoms with van der Waals surface area (Å²) in [6, 6.07) is 3.21. The van der Waals surface area contributed by atoms with E-state index in [0.29, 0.717) is 18.4 Å². The molecule has 2 N–H and O–H groups in total. The minimum Gasteiger partial charge on any atom is -0.394 e. The van der Waals surface area contributed by atoms with Crippen molar-refractivity contribution in [2.45, 2.75) is 49.6 Å². The number of halogens is 3. The van der Waals surface area contributed by atoms with Gasteiger partial charge in [-0.1, -0.05) is 25.0 Å². The van der Waals surface area contributed by atoms with Crippen LogP contribution in [0, 0.1) is 0 Å². The first-order chi connectivity index (χ1) is 12.1. The number of hydrogen-bond acceptors (Lipinski definition) is 4. The molecule has 1 aliphatic carbocycles. The molecule has 0 heterocycles. The van der Waals surface area contributed by atoms with Crippen LogP contribution < -0.4 is 5.32 Å². The Morgan fingerprint density at radius 3 is 2.27 bits per heavy atom. The lowest BCUT2D eigenvalue weighted by atomic mass is 10.0. The predicted molar refractivity (Wildman–Crippen MR) is 90.1 cm³/mol. The van der Waals surface area contributed by atoms with Crippen molar-refractivity contribution in [1.29, 1.82) is 0 Å². The highest BCUT2D eigenvalue weighted by Crippen LogP contribution is 2.30. The third kappa shape index (κ3) is 5.44. The van der Waals surface area contributed by atoms with Gasteiger partial charge in [-0.15, -0.1) is 0 Å². The first kappa shape index (κ1) is 20.7. The molecule has 1 aromatic carbocycles. The number of hydrogen-bond donors (Lipinski definition) is 2. The van der Waals surface area contributed by atoms with E-state index in [4.69, 9.17) is 0 Å². The molecule has 26 heavy (non-hydrogen) atoms. The molecule has 0 radical (unpaired) electrons. The highest BCUT2D eigenvalue weighted by molar-refractivity contribution is 7.92. The van der Waals surface area contributed by atoms with Crippen molar-refractivity contribution in [3.8, 4) is 0 Å². The number of alkyl halides is 3. The van der Waals surface area contributed by atoms with Gasteiger partial charge in [0.1, 0.15) is 0 Å². The number of benzene rings is 1. The minimum absolute atomic E-state index is 0.240. The maximum Gasteiger partial charge on any atom is 0.416 e. The van der Waals surface area contributed by atoms with Gasteiger partial charge in [0.05, 0.1) is 29.2 Å². The molecule has 0 spiro atoms. The van der Waals surface area contributed by atoms with Gasteiger partial charge in [0.2, 0.25) is 5.91 Å². The number of amides is 1. The molecule has 1 aliphatic rings. The number of aliphatic hydroxyl groups excluding tert-OH is 1. The van der Waals surface area contributed by atoms with Gasteiger partial charge in [0.15, 0.2) is 9.84 Å². The Hall–Kier alpha value is -1.61. The molecule has 146 valence electrons. The molecule has 1 atom stereocenters. The normalized spacial score (nSPS) is 17.2. The molecule has 5 nitrogen and oxygen atoms in total. The minimum atomic E-state index is -4.47. The summed E-state index contributed by atoms with van der Waals surface area (Å²) < 4.78 is 62.0. The fourth-order valence-electron chi connectivity index (χ4n) is 3.05. The van der Waals surface area contributed by atoms with Crippen molar-refractivity contribution >= 4 is 15.7 Å². The quantitative estimate of drug-likeness (QED) is 0.746. The van der Waals surface area contributed by atoms with Crippen LogP contribution in [0.15, 0.2) is 24.3 Å². The first-order valence-electron chi connectivity index (χ1n) is 8.42. The highest BCUT2D eigenvalue weighted by atomic mass is 32.2. The van der Waals surface area contributed by atoms with Crippen LogP contribution in [0.25, 0.3) is 0 Å². The van der Waals surface area contributed by atoms with Crippen molar-refractivity contribution in [2.24, 2.45) is 0 Å². The van der Waals surface area contributed by atoms with Gasteiger partial charge in [-0.3, -0.25) is 4.79 Å². The largest absolute Gasteiger partial charge is 0.416 e. The van der Waals surface area contributed by atoms with Crippen molar-refractivity contribution in [3.05, 3.63) is 35.4 Å². The number of carbonyl (C=O) groups is 1. The van der Waals surface area contributed by atoms with Crippen molar-refractivity contribution in [1.82, 2.24) is 5.32 Å².